The molecule has 1 fully saturated rings. The van der Waals surface area contributed by atoms with E-state index in [0.29, 0.717) is 13.3 Å². The summed E-state index contributed by atoms with van der Waals surface area (Å²) in [6.45, 7) is 16.5. The van der Waals surface area contributed by atoms with Gasteiger partial charge in [-0.3, -0.25) is 0 Å². The summed E-state index contributed by atoms with van der Waals surface area (Å²) in [4.78, 5) is 0. The van der Waals surface area contributed by atoms with Crippen LogP contribution in [-0.2, 0) is 0 Å². The molecule has 0 unspecified atom stereocenters. The molecule has 0 atom stereocenters. The van der Waals surface area contributed by atoms with Crippen LogP contribution in [0.2, 0.25) is 0 Å². The second-order valence-corrected chi connectivity index (χ2v) is 22.7. The Labute approximate surface area is 216 Å². The average Bonchev–Trinajstić information content (AvgIpc) is 3.42. The fourth-order valence-electron chi connectivity index (χ4n) is 1.75. The molecule has 0 amide bonds. The van der Waals surface area contributed by atoms with E-state index in [9.17, 15) is 0 Å². The van der Waals surface area contributed by atoms with Gasteiger partial charge in [-0.05, 0) is 73.1 Å². The quantitative estimate of drug-likeness (QED) is 0.146. The van der Waals surface area contributed by atoms with Gasteiger partial charge in [0.15, 0.2) is 0 Å². The van der Waals surface area contributed by atoms with Crippen molar-refractivity contribution < 1.29 is 13.3 Å². The maximum absolute atomic E-state index is 3.67. The van der Waals surface area contributed by atoms with Crippen molar-refractivity contribution in [3.63, 3.8) is 0 Å². The van der Waals surface area contributed by atoms with Gasteiger partial charge in [-0.1, -0.05) is 59.3 Å². The zero-order chi connectivity index (χ0) is 21.0. The standard InChI is InChI=1S/C11H18.C10H16.I3.I2/c1-9(2)5-4-6-10(3)11-7-8-11;1-5-10(4)8-6-7-9(2)3;1-3-2;1-2/h5-6,11H,4,7-8H2,1-3H3;5,7-8H,1,6H2,2-4H3;;/q;;-1;. The first kappa shape index (κ1) is 33.0. The Bertz CT molecular complexity index is 447. The Balaban J connectivity index is -0.000000328. The van der Waals surface area contributed by atoms with E-state index in [1.807, 2.05) is 6.08 Å². The van der Waals surface area contributed by atoms with E-state index >= 15 is 0 Å². The molecule has 1 aliphatic rings. The van der Waals surface area contributed by atoms with Crippen molar-refractivity contribution in [2.24, 2.45) is 5.92 Å². The molecular weight excluding hydrogens is 887 g/mol. The average molecular weight is 921 g/mol. The molecule has 1 rings (SSSR count). The third kappa shape index (κ3) is 31.1. The Hall–Kier alpha value is 2.35. The molecule has 1 aliphatic carbocycles. The summed E-state index contributed by atoms with van der Waals surface area (Å²) in [6, 6.07) is 0. The molecule has 5 heteroatoms. The minimum atomic E-state index is 0.530. The maximum atomic E-state index is 3.67. The Morgan fingerprint density at radius 1 is 0.846 bits per heavy atom. The monoisotopic (exact) mass is 921 g/mol. The second kappa shape index (κ2) is 25.4. The summed E-state index contributed by atoms with van der Waals surface area (Å²) in [5.41, 5.74) is 5.64. The van der Waals surface area contributed by atoms with E-state index in [-0.39, 0.29) is 0 Å². The van der Waals surface area contributed by atoms with Crippen LogP contribution in [0, 0.1) is 5.92 Å². The summed E-state index contributed by atoms with van der Waals surface area (Å²) in [5, 5.41) is 0. The molecule has 0 radical (unpaired) electrons. The predicted molar refractivity (Wildman–Crippen MR) is 155 cm³/mol. The molecule has 0 spiro atoms. The van der Waals surface area contributed by atoms with Gasteiger partial charge in [0, 0.05) is 37.2 Å². The van der Waals surface area contributed by atoms with E-state index in [2.05, 4.69) is 147 Å². The van der Waals surface area contributed by atoms with Gasteiger partial charge in [-0.15, -0.1) is 0 Å². The fraction of sp³-hybridized carbons (Fsp3) is 0.524. The molecule has 1 saturated carbocycles. The van der Waals surface area contributed by atoms with Gasteiger partial charge < -0.3 is 0 Å². The molecule has 26 heavy (non-hydrogen) atoms. The van der Waals surface area contributed by atoms with Gasteiger partial charge in [0.1, 0.15) is 0 Å². The van der Waals surface area contributed by atoms with E-state index in [1.165, 1.54) is 29.6 Å². The number of allylic oxidation sites excluding steroid dienone is 9. The van der Waals surface area contributed by atoms with Crippen molar-refractivity contribution in [2.45, 2.75) is 67.2 Å². The third-order valence-corrected chi connectivity index (χ3v) is 3.48. The van der Waals surface area contributed by atoms with E-state index in [4.69, 9.17) is 0 Å². The second-order valence-electron chi connectivity index (χ2n) is 6.46. The molecule has 0 aromatic heterocycles. The zero-order valence-electron chi connectivity index (χ0n) is 16.9. The number of hydrogen-bond donors (Lipinski definition) is 0. The van der Waals surface area contributed by atoms with Crippen LogP contribution < -0.4 is 13.3 Å². The third-order valence-electron chi connectivity index (χ3n) is 3.48. The molecule has 0 nitrogen and oxygen atoms in total. The Kier molecular flexibility index (Phi) is 32.2. The van der Waals surface area contributed by atoms with Gasteiger partial charge in [0.05, 0.1) is 0 Å². The first-order valence-corrected chi connectivity index (χ1v) is 27.4. The van der Waals surface area contributed by atoms with Gasteiger partial charge in [0.2, 0.25) is 0 Å². The number of rotatable bonds is 6. The van der Waals surface area contributed by atoms with Crippen LogP contribution in [0.4, 0.5) is 0 Å². The summed E-state index contributed by atoms with van der Waals surface area (Å²) in [6.07, 6.45) is 15.9. The van der Waals surface area contributed by atoms with Crippen LogP contribution in [0.5, 0.6) is 0 Å². The van der Waals surface area contributed by atoms with Crippen molar-refractivity contribution in [1.29, 1.82) is 0 Å². The van der Waals surface area contributed by atoms with E-state index in [0.717, 1.165) is 18.8 Å². The molecule has 0 aromatic carbocycles. The van der Waals surface area contributed by atoms with Crippen LogP contribution in [0.15, 0.2) is 59.3 Å². The van der Waals surface area contributed by atoms with E-state index < -0.39 is 0 Å². The van der Waals surface area contributed by atoms with Crippen LogP contribution in [0.3, 0.4) is 0 Å². The van der Waals surface area contributed by atoms with Crippen molar-refractivity contribution in [1.82, 2.24) is 0 Å². The Morgan fingerprint density at radius 2 is 1.23 bits per heavy atom. The molecule has 0 heterocycles. The first-order chi connectivity index (χ1) is 12.3. The van der Waals surface area contributed by atoms with Crippen molar-refractivity contribution in [3.8, 4) is 0 Å². The predicted octanol–water partition coefficient (Wildman–Crippen LogP) is 7.72. The summed E-state index contributed by atoms with van der Waals surface area (Å²) in [7, 11) is 0. The van der Waals surface area contributed by atoms with Crippen molar-refractivity contribution in [3.05, 3.63) is 59.3 Å². The van der Waals surface area contributed by atoms with E-state index in [1.54, 1.807) is 5.57 Å². The normalized spacial score (nSPS) is 13.0. The summed E-state index contributed by atoms with van der Waals surface area (Å²) < 4.78 is 0. The van der Waals surface area contributed by atoms with Crippen molar-refractivity contribution in [2.75, 3.05) is 0 Å². The van der Waals surface area contributed by atoms with Gasteiger partial charge in [0.25, 0.3) is 0 Å². The first-order valence-electron chi connectivity index (χ1n) is 8.52. The minimum absolute atomic E-state index is 0.530. The molecule has 0 aromatic rings. The Morgan fingerprint density at radius 3 is 1.54 bits per heavy atom. The van der Waals surface area contributed by atoms with Crippen molar-refractivity contribution >= 4 is 74.5 Å². The SMILES string of the molecule is C=CC(C)=CCC=C(C)C.CC(C)=CCC=C(C)C1CC1.II.I[I-]I. The molecule has 0 saturated heterocycles. The molecule has 0 bridgehead atoms. The van der Waals surface area contributed by atoms with Crippen LogP contribution in [0.25, 0.3) is 0 Å². The molecular formula is C21H34I5-. The van der Waals surface area contributed by atoms with Gasteiger partial charge in [-0.25, -0.2) is 0 Å². The molecule has 0 N–H and O–H groups in total. The summed E-state index contributed by atoms with van der Waals surface area (Å²) >= 11 is 9.54. The number of halogens is 5. The van der Waals surface area contributed by atoms with Crippen LogP contribution in [-0.4, -0.2) is 0 Å². The topological polar surface area (TPSA) is 0 Å². The summed E-state index contributed by atoms with van der Waals surface area (Å²) in [5.74, 6) is 0.945. The zero-order valence-corrected chi connectivity index (χ0v) is 27.7. The fourth-order valence-corrected chi connectivity index (χ4v) is 1.75. The van der Waals surface area contributed by atoms with Crippen LogP contribution in [0.1, 0.15) is 67.2 Å². The van der Waals surface area contributed by atoms with Crippen LogP contribution >= 0.6 is 74.5 Å². The molecule has 0 aliphatic heterocycles. The van der Waals surface area contributed by atoms with Gasteiger partial charge in [-0.2, -0.15) is 0 Å². The molecule has 154 valence electrons. The van der Waals surface area contributed by atoms with Gasteiger partial charge >= 0.3 is 50.5 Å². The number of hydrogen-bond acceptors (Lipinski definition) is 0.